The lowest BCUT2D eigenvalue weighted by Gasteiger charge is -2.31. The summed E-state index contributed by atoms with van der Waals surface area (Å²) in [4.78, 5) is 2.03. The molecule has 1 saturated heterocycles. The molecule has 2 rings (SSSR count). The van der Waals surface area contributed by atoms with E-state index in [0.717, 1.165) is 25.7 Å². The van der Waals surface area contributed by atoms with Gasteiger partial charge >= 0.3 is 0 Å². The van der Waals surface area contributed by atoms with Crippen molar-refractivity contribution in [1.29, 1.82) is 0 Å². The van der Waals surface area contributed by atoms with Crippen molar-refractivity contribution in [2.75, 3.05) is 26.7 Å². The summed E-state index contributed by atoms with van der Waals surface area (Å²) >= 11 is 0. The first-order chi connectivity index (χ1) is 7.65. The molecule has 0 radical (unpaired) electrons. The Bertz CT molecular complexity index is 364. The highest BCUT2D eigenvalue weighted by Gasteiger charge is 2.18. The minimum absolute atomic E-state index is 0.333. The van der Waals surface area contributed by atoms with Crippen LogP contribution >= 0.6 is 0 Å². The van der Waals surface area contributed by atoms with Crippen LogP contribution in [0, 0.1) is 17.6 Å². The van der Waals surface area contributed by atoms with Crippen molar-refractivity contribution in [3.63, 3.8) is 0 Å². The smallest absolute Gasteiger partial charge is 0.127 e. The van der Waals surface area contributed by atoms with Crippen LogP contribution in [-0.4, -0.2) is 31.6 Å². The van der Waals surface area contributed by atoms with E-state index >= 15 is 0 Å². The Morgan fingerprint density at radius 1 is 1.38 bits per heavy atom. The van der Waals surface area contributed by atoms with Crippen LogP contribution in [0.25, 0.3) is 0 Å². The topological polar surface area (TPSA) is 15.3 Å². The molecule has 0 saturated carbocycles. The van der Waals surface area contributed by atoms with E-state index in [4.69, 9.17) is 0 Å². The van der Waals surface area contributed by atoms with Crippen molar-refractivity contribution < 1.29 is 8.78 Å². The standard InChI is InChI=1S/C12H16F2N2/c1-16(7-9-5-15-6-9)8-10-4-11(13)2-3-12(10)14/h2-4,9,15H,5-8H2,1H3. The van der Waals surface area contributed by atoms with E-state index in [1.165, 1.54) is 12.1 Å². The largest absolute Gasteiger partial charge is 0.316 e. The summed E-state index contributed by atoms with van der Waals surface area (Å²) in [5.41, 5.74) is 0.426. The molecule has 1 aromatic rings. The summed E-state index contributed by atoms with van der Waals surface area (Å²) in [6.07, 6.45) is 0. The Labute approximate surface area is 94.3 Å². The molecule has 1 heterocycles. The maximum Gasteiger partial charge on any atom is 0.127 e. The van der Waals surface area contributed by atoms with Gasteiger partial charge in [0.05, 0.1) is 0 Å². The minimum atomic E-state index is -0.380. The maximum atomic E-state index is 13.4. The third-order valence-corrected chi connectivity index (χ3v) is 2.88. The lowest BCUT2D eigenvalue weighted by molar-refractivity contribution is 0.216. The Balaban J connectivity index is 1.93. The molecule has 0 amide bonds. The molecule has 1 aromatic carbocycles. The van der Waals surface area contributed by atoms with Gasteiger partial charge in [-0.3, -0.25) is 0 Å². The molecule has 2 nitrogen and oxygen atoms in total. The monoisotopic (exact) mass is 226 g/mol. The molecule has 0 unspecified atom stereocenters. The molecule has 16 heavy (non-hydrogen) atoms. The van der Waals surface area contributed by atoms with Crippen molar-refractivity contribution in [3.8, 4) is 0 Å². The van der Waals surface area contributed by atoms with Gasteiger partial charge < -0.3 is 10.2 Å². The van der Waals surface area contributed by atoms with Crippen molar-refractivity contribution >= 4 is 0 Å². The summed E-state index contributed by atoms with van der Waals surface area (Å²) in [6, 6.07) is 3.60. The van der Waals surface area contributed by atoms with Crippen LogP contribution in [0.2, 0.25) is 0 Å². The number of nitrogens with zero attached hydrogens (tertiary/aromatic N) is 1. The highest BCUT2D eigenvalue weighted by Crippen LogP contribution is 2.13. The molecule has 1 fully saturated rings. The molecule has 0 atom stereocenters. The first-order valence-corrected chi connectivity index (χ1v) is 5.48. The van der Waals surface area contributed by atoms with Crippen LogP contribution in [0.1, 0.15) is 5.56 Å². The fourth-order valence-electron chi connectivity index (χ4n) is 1.94. The van der Waals surface area contributed by atoms with E-state index < -0.39 is 0 Å². The van der Waals surface area contributed by atoms with Crippen molar-refractivity contribution in [2.45, 2.75) is 6.54 Å². The van der Waals surface area contributed by atoms with E-state index in [1.807, 2.05) is 11.9 Å². The normalized spacial score (nSPS) is 16.5. The Hall–Kier alpha value is -1.00. The van der Waals surface area contributed by atoms with Gasteiger partial charge in [0.1, 0.15) is 11.6 Å². The zero-order chi connectivity index (χ0) is 11.5. The number of hydrogen-bond acceptors (Lipinski definition) is 2. The van der Waals surface area contributed by atoms with E-state index in [0.29, 0.717) is 18.0 Å². The average Bonchev–Trinajstić information content (AvgIpc) is 2.18. The quantitative estimate of drug-likeness (QED) is 0.839. The predicted octanol–water partition coefficient (Wildman–Crippen LogP) is 1.62. The Morgan fingerprint density at radius 3 is 2.75 bits per heavy atom. The molecule has 0 bridgehead atoms. The second kappa shape index (κ2) is 4.89. The lowest BCUT2D eigenvalue weighted by atomic mass is 10.0. The molecule has 0 aromatic heterocycles. The summed E-state index contributed by atoms with van der Waals surface area (Å²) in [5, 5.41) is 3.19. The molecule has 0 aliphatic carbocycles. The van der Waals surface area contributed by atoms with E-state index in [-0.39, 0.29) is 11.6 Å². The zero-order valence-corrected chi connectivity index (χ0v) is 9.34. The first kappa shape index (κ1) is 11.5. The SMILES string of the molecule is CN(Cc1cc(F)ccc1F)CC1CNC1. The van der Waals surface area contributed by atoms with Crippen LogP contribution in [0.4, 0.5) is 8.78 Å². The molecule has 88 valence electrons. The number of nitrogens with one attached hydrogen (secondary N) is 1. The van der Waals surface area contributed by atoms with Crippen molar-refractivity contribution in [3.05, 3.63) is 35.4 Å². The third kappa shape index (κ3) is 2.77. The molecular weight excluding hydrogens is 210 g/mol. The summed E-state index contributed by atoms with van der Waals surface area (Å²) in [5.74, 6) is -0.0725. The number of hydrogen-bond donors (Lipinski definition) is 1. The molecule has 0 spiro atoms. The van der Waals surface area contributed by atoms with Gasteiger partial charge in [-0.05, 0) is 31.2 Å². The molecule has 4 heteroatoms. The maximum absolute atomic E-state index is 13.4. The van der Waals surface area contributed by atoms with Gasteiger partial charge in [0, 0.05) is 31.7 Å². The van der Waals surface area contributed by atoms with Gasteiger partial charge in [-0.1, -0.05) is 0 Å². The number of halogens is 2. The van der Waals surface area contributed by atoms with Crippen LogP contribution in [0.15, 0.2) is 18.2 Å². The van der Waals surface area contributed by atoms with E-state index in [2.05, 4.69) is 5.32 Å². The molecular formula is C12H16F2N2. The van der Waals surface area contributed by atoms with Crippen LogP contribution < -0.4 is 5.32 Å². The van der Waals surface area contributed by atoms with Gasteiger partial charge in [-0.25, -0.2) is 8.78 Å². The van der Waals surface area contributed by atoms with Crippen LogP contribution in [0.5, 0.6) is 0 Å². The predicted molar refractivity (Wildman–Crippen MR) is 59.1 cm³/mol. The zero-order valence-electron chi connectivity index (χ0n) is 9.34. The molecule has 1 aliphatic heterocycles. The fraction of sp³-hybridized carbons (Fsp3) is 0.500. The number of benzene rings is 1. The summed E-state index contributed by atoms with van der Waals surface area (Å²) in [7, 11) is 1.93. The van der Waals surface area contributed by atoms with Crippen molar-refractivity contribution in [1.82, 2.24) is 10.2 Å². The average molecular weight is 226 g/mol. The Kier molecular flexibility index (Phi) is 3.51. The van der Waals surface area contributed by atoms with Gasteiger partial charge in [0.15, 0.2) is 0 Å². The van der Waals surface area contributed by atoms with Gasteiger partial charge in [0.25, 0.3) is 0 Å². The third-order valence-electron chi connectivity index (χ3n) is 2.88. The second-order valence-electron chi connectivity index (χ2n) is 4.46. The summed E-state index contributed by atoms with van der Waals surface area (Å²) < 4.78 is 26.3. The Morgan fingerprint density at radius 2 is 2.12 bits per heavy atom. The van der Waals surface area contributed by atoms with Gasteiger partial charge in [0.2, 0.25) is 0 Å². The fourth-order valence-corrected chi connectivity index (χ4v) is 1.94. The minimum Gasteiger partial charge on any atom is -0.316 e. The first-order valence-electron chi connectivity index (χ1n) is 5.48. The van der Waals surface area contributed by atoms with E-state index in [1.54, 1.807) is 0 Å². The summed E-state index contributed by atoms with van der Waals surface area (Å²) in [6.45, 7) is 3.43. The highest BCUT2D eigenvalue weighted by atomic mass is 19.1. The molecule has 1 aliphatic rings. The van der Waals surface area contributed by atoms with Gasteiger partial charge in [-0.15, -0.1) is 0 Å². The molecule has 1 N–H and O–H groups in total. The van der Waals surface area contributed by atoms with Crippen LogP contribution in [0.3, 0.4) is 0 Å². The second-order valence-corrected chi connectivity index (χ2v) is 4.46. The van der Waals surface area contributed by atoms with Crippen molar-refractivity contribution in [2.24, 2.45) is 5.92 Å². The lowest BCUT2D eigenvalue weighted by Crippen LogP contribution is -2.47. The van der Waals surface area contributed by atoms with Crippen LogP contribution in [-0.2, 0) is 6.54 Å². The van der Waals surface area contributed by atoms with E-state index in [9.17, 15) is 8.78 Å². The highest BCUT2D eigenvalue weighted by molar-refractivity contribution is 5.18. The number of rotatable bonds is 4. The van der Waals surface area contributed by atoms with Gasteiger partial charge in [-0.2, -0.15) is 0 Å².